The zero-order valence-corrected chi connectivity index (χ0v) is 23.6. The smallest absolute Gasteiger partial charge is 0.258 e. The highest BCUT2D eigenvalue weighted by atomic mass is 19.1. The van der Waals surface area contributed by atoms with Gasteiger partial charge in [-0.25, -0.2) is 4.39 Å². The first kappa shape index (κ1) is 24.5. The molecule has 2 aromatic heterocycles. The van der Waals surface area contributed by atoms with Crippen molar-refractivity contribution in [1.29, 1.82) is 0 Å². The van der Waals surface area contributed by atoms with Gasteiger partial charge < -0.3 is 13.9 Å². The van der Waals surface area contributed by atoms with Crippen molar-refractivity contribution in [3.05, 3.63) is 41.8 Å². The van der Waals surface area contributed by atoms with Gasteiger partial charge in [0, 0.05) is 34.5 Å². The second-order valence-corrected chi connectivity index (χ2v) is 14.5. The Hall–Kier alpha value is -3.10. The SMILES string of the molecule is CC(N(C(=O)C12CC(F)(C1)C2)c1cccc(-c2nc(C3CC3)no2)c1)C12CCC(c3nc(C4CC4)no3)(CC1)CC2. The lowest BCUT2D eigenvalue weighted by molar-refractivity contribution is -0.212. The molecule has 4 bridgehead atoms. The van der Waals surface area contributed by atoms with E-state index in [1.165, 1.54) is 0 Å². The van der Waals surface area contributed by atoms with Gasteiger partial charge in [0.25, 0.3) is 5.89 Å². The van der Waals surface area contributed by atoms with Crippen molar-refractivity contribution in [2.75, 3.05) is 4.90 Å². The maximum atomic E-state index is 14.6. The summed E-state index contributed by atoms with van der Waals surface area (Å²) in [6.07, 6.45) is 11.6. The zero-order chi connectivity index (χ0) is 27.6. The Kier molecular flexibility index (Phi) is 4.80. The first-order valence-electron chi connectivity index (χ1n) is 15.6. The summed E-state index contributed by atoms with van der Waals surface area (Å²) in [5.74, 6) is 3.94. The van der Waals surface area contributed by atoms with Gasteiger partial charge >= 0.3 is 0 Å². The summed E-state index contributed by atoms with van der Waals surface area (Å²) in [5, 5.41) is 8.52. The maximum Gasteiger partial charge on any atom is 0.258 e. The predicted molar refractivity (Wildman–Crippen MR) is 147 cm³/mol. The van der Waals surface area contributed by atoms with Gasteiger partial charge in [-0.1, -0.05) is 16.4 Å². The largest absolute Gasteiger partial charge is 0.339 e. The van der Waals surface area contributed by atoms with E-state index < -0.39 is 11.1 Å². The zero-order valence-electron chi connectivity index (χ0n) is 23.6. The van der Waals surface area contributed by atoms with Crippen LogP contribution in [0.15, 0.2) is 33.3 Å². The number of aromatic nitrogens is 4. The minimum absolute atomic E-state index is 0.00662. The van der Waals surface area contributed by atoms with Gasteiger partial charge in [0.2, 0.25) is 11.8 Å². The van der Waals surface area contributed by atoms with Crippen LogP contribution in [0.3, 0.4) is 0 Å². The molecule has 41 heavy (non-hydrogen) atoms. The Balaban J connectivity index is 1.02. The molecular formula is C32H36FN5O3. The van der Waals surface area contributed by atoms with Gasteiger partial charge in [-0.15, -0.1) is 0 Å². The van der Waals surface area contributed by atoms with Crippen molar-refractivity contribution in [2.45, 2.75) is 119 Å². The Bertz CT molecular complexity index is 1510. The standard InChI is InChI=1S/C32H36FN5O3/c1-19(29-9-12-30(13-10-29,14-11-29)27-35-25(37-41-27)21-7-8-21)38(28(39)31-16-32(33,17-31)18-31)23-4-2-3-22(15-23)26-34-24(36-40-26)20-5-6-20/h2-4,15,19-21H,5-14,16-18H2,1H3. The van der Waals surface area contributed by atoms with E-state index in [0.29, 0.717) is 37.0 Å². The number of anilines is 1. The third-order valence-electron chi connectivity index (χ3n) is 11.8. The van der Waals surface area contributed by atoms with Crippen LogP contribution in [0.1, 0.15) is 120 Å². The van der Waals surface area contributed by atoms with Crippen molar-refractivity contribution in [3.8, 4) is 11.5 Å². The Morgan fingerprint density at radius 3 is 2.20 bits per heavy atom. The Labute approximate surface area is 238 Å². The monoisotopic (exact) mass is 557 g/mol. The highest BCUT2D eigenvalue weighted by molar-refractivity contribution is 6.01. The van der Waals surface area contributed by atoms with Gasteiger partial charge in [-0.3, -0.25) is 4.79 Å². The summed E-state index contributed by atoms with van der Waals surface area (Å²) < 4.78 is 26.1. The molecule has 0 spiro atoms. The van der Waals surface area contributed by atoms with Crippen LogP contribution < -0.4 is 4.90 Å². The molecule has 214 valence electrons. The molecule has 3 aromatic rings. The normalized spacial score (nSPS) is 36.0. The minimum atomic E-state index is -1.13. The Morgan fingerprint density at radius 1 is 0.927 bits per heavy atom. The number of hydrogen-bond donors (Lipinski definition) is 0. The molecule has 2 heterocycles. The molecule has 0 aliphatic heterocycles. The topological polar surface area (TPSA) is 98.2 Å². The number of amides is 1. The summed E-state index contributed by atoms with van der Waals surface area (Å²) in [5.41, 5.74) is -0.0819. The summed E-state index contributed by atoms with van der Waals surface area (Å²) in [7, 11) is 0. The molecule has 1 amide bonds. The van der Waals surface area contributed by atoms with Crippen LogP contribution >= 0.6 is 0 Å². The third-order valence-corrected chi connectivity index (χ3v) is 11.8. The highest BCUT2D eigenvalue weighted by Crippen LogP contribution is 2.70. The number of fused-ring (bicyclic) bond motifs is 3. The average molecular weight is 558 g/mol. The van der Waals surface area contributed by atoms with Crippen LogP contribution in [0.5, 0.6) is 0 Å². The van der Waals surface area contributed by atoms with E-state index in [1.807, 2.05) is 29.2 Å². The molecule has 0 radical (unpaired) electrons. The second kappa shape index (κ2) is 8.04. The number of alkyl halides is 1. The highest BCUT2D eigenvalue weighted by Gasteiger charge is 2.74. The molecule has 1 aromatic carbocycles. The molecule has 0 saturated heterocycles. The first-order chi connectivity index (χ1) is 19.8. The van der Waals surface area contributed by atoms with Gasteiger partial charge in [0.05, 0.1) is 5.41 Å². The predicted octanol–water partition coefficient (Wildman–Crippen LogP) is 6.78. The van der Waals surface area contributed by atoms with Crippen molar-refractivity contribution in [2.24, 2.45) is 10.8 Å². The summed E-state index contributed by atoms with van der Waals surface area (Å²) >= 11 is 0. The van der Waals surface area contributed by atoms with E-state index >= 15 is 0 Å². The van der Waals surface area contributed by atoms with Crippen LogP contribution in [-0.2, 0) is 10.2 Å². The molecule has 1 unspecified atom stereocenters. The fourth-order valence-corrected chi connectivity index (χ4v) is 8.70. The van der Waals surface area contributed by atoms with Crippen molar-refractivity contribution in [1.82, 2.24) is 20.3 Å². The van der Waals surface area contributed by atoms with Gasteiger partial charge in [0.15, 0.2) is 11.6 Å². The minimum Gasteiger partial charge on any atom is -0.339 e. The lowest BCUT2D eigenvalue weighted by Crippen LogP contribution is -2.72. The molecule has 8 nitrogen and oxygen atoms in total. The van der Waals surface area contributed by atoms with Crippen LogP contribution in [0.4, 0.5) is 10.1 Å². The fourth-order valence-electron chi connectivity index (χ4n) is 8.70. The molecule has 8 aliphatic rings. The molecule has 8 fully saturated rings. The van der Waals surface area contributed by atoms with Crippen LogP contribution in [0.25, 0.3) is 11.5 Å². The molecule has 1 atom stereocenters. The van der Waals surface area contributed by atoms with E-state index in [-0.39, 0.29) is 22.8 Å². The van der Waals surface area contributed by atoms with Gasteiger partial charge in [-0.2, -0.15) is 9.97 Å². The van der Waals surface area contributed by atoms with E-state index in [9.17, 15) is 9.18 Å². The molecule has 8 saturated carbocycles. The molecular weight excluding hydrogens is 521 g/mol. The quantitative estimate of drug-likeness (QED) is 0.301. The first-order valence-corrected chi connectivity index (χ1v) is 15.6. The van der Waals surface area contributed by atoms with Gasteiger partial charge in [0.1, 0.15) is 5.67 Å². The average Bonchev–Trinajstić information content (AvgIpc) is 3.90. The number of rotatable bonds is 8. The number of nitrogens with zero attached hydrogens (tertiary/aromatic N) is 5. The van der Waals surface area contributed by atoms with E-state index in [4.69, 9.17) is 14.0 Å². The molecule has 0 N–H and O–H groups in total. The number of hydrogen-bond acceptors (Lipinski definition) is 7. The molecule has 11 rings (SSSR count). The van der Waals surface area contributed by atoms with Crippen LogP contribution in [0, 0.1) is 10.8 Å². The summed E-state index contributed by atoms with van der Waals surface area (Å²) in [6, 6.07) is 7.93. The maximum absolute atomic E-state index is 14.6. The Morgan fingerprint density at radius 2 is 1.56 bits per heavy atom. The number of carbonyl (C=O) groups is 1. The van der Waals surface area contributed by atoms with E-state index in [2.05, 4.69) is 22.2 Å². The molecule has 9 heteroatoms. The van der Waals surface area contributed by atoms with Crippen molar-refractivity contribution < 1.29 is 18.2 Å². The number of benzene rings is 1. The van der Waals surface area contributed by atoms with Crippen molar-refractivity contribution in [3.63, 3.8) is 0 Å². The molecule has 8 aliphatic carbocycles. The van der Waals surface area contributed by atoms with Crippen LogP contribution in [0.2, 0.25) is 0 Å². The van der Waals surface area contributed by atoms with Crippen molar-refractivity contribution >= 4 is 11.6 Å². The number of halogens is 1. The lowest BCUT2D eigenvalue weighted by Gasteiger charge is -2.66. The summed E-state index contributed by atoms with van der Waals surface area (Å²) in [6.45, 7) is 2.22. The summed E-state index contributed by atoms with van der Waals surface area (Å²) in [4.78, 5) is 25.9. The number of carbonyl (C=O) groups excluding carboxylic acids is 1. The van der Waals surface area contributed by atoms with E-state index in [0.717, 1.165) is 93.0 Å². The van der Waals surface area contributed by atoms with Gasteiger partial charge in [-0.05, 0) is 114 Å². The third kappa shape index (κ3) is 3.59. The van der Waals surface area contributed by atoms with Crippen LogP contribution in [-0.4, -0.2) is 37.9 Å². The second-order valence-electron chi connectivity index (χ2n) is 14.5. The lowest BCUT2D eigenvalue weighted by atomic mass is 9.41. The van der Waals surface area contributed by atoms with E-state index in [1.54, 1.807) is 0 Å². The fraction of sp³-hybridized carbons (Fsp3) is 0.656.